The summed E-state index contributed by atoms with van der Waals surface area (Å²) in [5.41, 5.74) is 10.6. The molecule has 8 aromatic rings. The molecule has 2 nitrogen and oxygen atoms in total. The first-order valence-corrected chi connectivity index (χ1v) is 15.0. The molecule has 0 spiro atoms. The fraction of sp³-hybridized carbons (Fsp3) is 0.0455. The van der Waals surface area contributed by atoms with Gasteiger partial charge in [0.1, 0.15) is 0 Å². The average molecular weight is 595 g/mol. The molecular weight excluding hydrogens is 556 g/mol. The van der Waals surface area contributed by atoms with Gasteiger partial charge in [0.15, 0.2) is 0 Å². The second-order valence-electron chi connectivity index (χ2n) is 11.1. The Bertz CT molecular complexity index is 2190. The molecule has 0 amide bonds. The Morgan fingerprint density at radius 1 is 0.391 bits per heavy atom. The van der Waals surface area contributed by atoms with E-state index in [0.29, 0.717) is 0 Å². The van der Waals surface area contributed by atoms with E-state index in [4.69, 9.17) is 0 Å². The summed E-state index contributed by atoms with van der Waals surface area (Å²) in [5.74, 6) is 0. The fourth-order valence-corrected chi connectivity index (χ4v) is 6.27. The number of nitrogens with zero attached hydrogens (tertiary/aromatic N) is 2. The lowest BCUT2D eigenvalue weighted by Crippen LogP contribution is -2.10. The Labute approximate surface area is 272 Å². The number of hydrogen-bond acceptors (Lipinski definition) is 1. The van der Waals surface area contributed by atoms with Crippen molar-refractivity contribution in [1.29, 1.82) is 0 Å². The normalized spacial score (nSPS) is 10.7. The van der Waals surface area contributed by atoms with Gasteiger partial charge in [-0.2, -0.15) is 0 Å². The summed E-state index contributed by atoms with van der Waals surface area (Å²) in [6, 6.07) is 65.0. The zero-order valence-corrected chi connectivity index (χ0v) is 24.2. The number of rotatable bonds is 6. The van der Waals surface area contributed by atoms with Crippen LogP contribution >= 0.6 is 0 Å². The van der Waals surface area contributed by atoms with Gasteiger partial charge in [-0.1, -0.05) is 142 Å². The van der Waals surface area contributed by atoms with Crippen LogP contribution in [0.2, 0.25) is 0 Å². The second-order valence-corrected chi connectivity index (χ2v) is 11.1. The maximum atomic E-state index is 2.36. The smallest absolute Gasteiger partial charge is 0.0540 e. The number of anilines is 3. The molecule has 0 bridgehead atoms. The molecule has 0 fully saturated rings. The van der Waals surface area contributed by atoms with Crippen LogP contribution in [0.25, 0.3) is 49.7 Å². The van der Waals surface area contributed by atoms with E-state index in [0.717, 1.165) is 17.1 Å². The van der Waals surface area contributed by atoms with Crippen LogP contribution < -0.4 is 4.90 Å². The maximum Gasteiger partial charge on any atom is 0.0540 e. The van der Waals surface area contributed by atoms with E-state index in [-0.39, 0.29) is 14.9 Å². The first-order valence-electron chi connectivity index (χ1n) is 15.0. The molecule has 0 unspecified atom stereocenters. The third kappa shape index (κ3) is 5.46. The van der Waals surface area contributed by atoms with Gasteiger partial charge in [0.05, 0.1) is 16.9 Å². The summed E-state index contributed by atoms with van der Waals surface area (Å²) in [7, 11) is 0. The minimum atomic E-state index is 0. The van der Waals surface area contributed by atoms with E-state index in [9.17, 15) is 0 Å². The molecule has 46 heavy (non-hydrogen) atoms. The first-order chi connectivity index (χ1) is 21.8. The summed E-state index contributed by atoms with van der Waals surface area (Å²) in [6.45, 7) is 0. The van der Waals surface area contributed by atoms with E-state index in [1.165, 1.54) is 49.7 Å². The number of benzene rings is 7. The lowest BCUT2D eigenvalue weighted by atomic mass is 10.0. The van der Waals surface area contributed by atoms with Crippen LogP contribution in [-0.2, 0) is 0 Å². The van der Waals surface area contributed by atoms with E-state index < -0.39 is 0 Å². The second kappa shape index (κ2) is 13.0. The number of para-hydroxylation sites is 2. The maximum absolute atomic E-state index is 2.36. The van der Waals surface area contributed by atoms with E-state index in [1.807, 2.05) is 0 Å². The van der Waals surface area contributed by atoms with E-state index in [1.54, 1.807) is 0 Å². The van der Waals surface area contributed by atoms with Crippen molar-refractivity contribution in [3.63, 3.8) is 0 Å². The van der Waals surface area contributed by atoms with Crippen LogP contribution in [0.1, 0.15) is 14.9 Å². The molecule has 7 aromatic carbocycles. The minimum Gasteiger partial charge on any atom is -0.310 e. The van der Waals surface area contributed by atoms with Crippen LogP contribution in [0.3, 0.4) is 0 Å². The highest BCUT2D eigenvalue weighted by Crippen LogP contribution is 2.39. The Morgan fingerprint density at radius 2 is 0.935 bits per heavy atom. The Hall–Kier alpha value is -5.86. The summed E-state index contributed by atoms with van der Waals surface area (Å²) < 4.78 is 2.36. The first kappa shape index (κ1) is 30.2. The van der Waals surface area contributed by atoms with Gasteiger partial charge in [0.2, 0.25) is 0 Å². The number of hydrogen-bond donors (Lipinski definition) is 0. The summed E-state index contributed by atoms with van der Waals surface area (Å²) in [5, 5.41) is 3.69. The van der Waals surface area contributed by atoms with Gasteiger partial charge in [-0.05, 0) is 76.7 Å². The lowest BCUT2D eigenvalue weighted by Gasteiger charge is -2.27. The molecule has 0 aliphatic rings. The van der Waals surface area contributed by atoms with Crippen molar-refractivity contribution < 1.29 is 0 Å². The highest BCUT2D eigenvalue weighted by Gasteiger charge is 2.16. The molecule has 0 saturated heterocycles. The third-order valence-corrected chi connectivity index (χ3v) is 8.39. The van der Waals surface area contributed by atoms with Gasteiger partial charge in [-0.3, -0.25) is 0 Å². The highest BCUT2D eigenvalue weighted by atomic mass is 15.1. The molecule has 0 aliphatic carbocycles. The average Bonchev–Trinajstić information content (AvgIpc) is 3.50. The van der Waals surface area contributed by atoms with Crippen molar-refractivity contribution in [3.8, 4) is 28.1 Å². The van der Waals surface area contributed by atoms with Crippen molar-refractivity contribution >= 4 is 38.7 Å². The monoisotopic (exact) mass is 594 g/mol. The SMILES string of the molecule is C.C.c1ccc(-c2cc3ccccc3n2-c2ccc(-c3ccc(N(c4ccccc4)c4cccc5ccccc45)cc3)cc2)cc1. The van der Waals surface area contributed by atoms with Crippen molar-refractivity contribution in [2.24, 2.45) is 0 Å². The van der Waals surface area contributed by atoms with E-state index >= 15 is 0 Å². The molecule has 1 aromatic heterocycles. The van der Waals surface area contributed by atoms with Crippen molar-refractivity contribution in [3.05, 3.63) is 182 Å². The highest BCUT2D eigenvalue weighted by molar-refractivity contribution is 5.99. The quantitative estimate of drug-likeness (QED) is 0.186. The standard InChI is InChI=1S/C42H30N2.2CH4/c1-3-13-34(14-4-1)42-30-35-15-8-10-20-40(35)44(42)38-28-24-32(25-29-38)31-22-26-37(27-23-31)43(36-17-5-2-6-18-36)41-21-11-16-33-12-7-9-19-39(33)41;;/h1-30H;2*1H4. The van der Waals surface area contributed by atoms with Gasteiger partial charge in [0, 0.05) is 27.8 Å². The zero-order chi connectivity index (χ0) is 29.3. The Balaban J connectivity index is 0.00000186. The fourth-order valence-electron chi connectivity index (χ4n) is 6.27. The molecule has 0 radical (unpaired) electrons. The molecule has 0 saturated carbocycles. The molecule has 0 N–H and O–H groups in total. The van der Waals surface area contributed by atoms with Crippen LogP contribution in [0, 0.1) is 0 Å². The van der Waals surface area contributed by atoms with Crippen molar-refractivity contribution in [2.45, 2.75) is 14.9 Å². The van der Waals surface area contributed by atoms with Gasteiger partial charge >= 0.3 is 0 Å². The predicted octanol–water partition coefficient (Wildman–Crippen LogP) is 12.9. The van der Waals surface area contributed by atoms with E-state index in [2.05, 4.69) is 191 Å². The molecular formula is C44H38N2. The van der Waals surface area contributed by atoms with Gasteiger partial charge < -0.3 is 9.47 Å². The van der Waals surface area contributed by atoms with Gasteiger partial charge in [-0.25, -0.2) is 0 Å². The Kier molecular flexibility index (Phi) is 8.54. The third-order valence-electron chi connectivity index (χ3n) is 8.39. The van der Waals surface area contributed by atoms with Crippen LogP contribution in [-0.4, -0.2) is 4.57 Å². The summed E-state index contributed by atoms with van der Waals surface area (Å²) in [6.07, 6.45) is 0. The lowest BCUT2D eigenvalue weighted by molar-refractivity contribution is 1.13. The van der Waals surface area contributed by atoms with Gasteiger partial charge in [-0.15, -0.1) is 0 Å². The topological polar surface area (TPSA) is 8.17 Å². The van der Waals surface area contributed by atoms with Crippen molar-refractivity contribution in [2.75, 3.05) is 4.90 Å². The van der Waals surface area contributed by atoms with Gasteiger partial charge in [0.25, 0.3) is 0 Å². The number of aromatic nitrogens is 1. The largest absolute Gasteiger partial charge is 0.310 e. The van der Waals surface area contributed by atoms with Crippen LogP contribution in [0.4, 0.5) is 17.1 Å². The molecule has 224 valence electrons. The molecule has 0 aliphatic heterocycles. The van der Waals surface area contributed by atoms with Crippen LogP contribution in [0.15, 0.2) is 182 Å². The number of fused-ring (bicyclic) bond motifs is 2. The Morgan fingerprint density at radius 3 is 1.65 bits per heavy atom. The molecule has 1 heterocycles. The minimum absolute atomic E-state index is 0. The summed E-state index contributed by atoms with van der Waals surface area (Å²) >= 11 is 0. The molecule has 0 atom stereocenters. The van der Waals surface area contributed by atoms with Crippen molar-refractivity contribution in [1.82, 2.24) is 4.57 Å². The predicted molar refractivity (Wildman–Crippen MR) is 200 cm³/mol. The molecule has 8 rings (SSSR count). The molecule has 2 heteroatoms. The van der Waals surface area contributed by atoms with Crippen LogP contribution in [0.5, 0.6) is 0 Å². The zero-order valence-electron chi connectivity index (χ0n) is 24.2. The summed E-state index contributed by atoms with van der Waals surface area (Å²) in [4.78, 5) is 2.34.